The van der Waals surface area contributed by atoms with Crippen LogP contribution in [0.1, 0.15) is 15.9 Å². The molecule has 0 spiro atoms. The number of nitro groups is 1. The van der Waals surface area contributed by atoms with E-state index < -0.39 is 10.7 Å². The molecule has 2 aromatic carbocycles. The van der Waals surface area contributed by atoms with Gasteiger partial charge in [-0.25, -0.2) is 4.39 Å². The fraction of sp³-hybridized carbons (Fsp3) is 0.0714. The van der Waals surface area contributed by atoms with E-state index in [1.165, 1.54) is 24.3 Å². The lowest BCUT2D eigenvalue weighted by Crippen LogP contribution is -2.00. The Labute approximate surface area is 127 Å². The van der Waals surface area contributed by atoms with Gasteiger partial charge >= 0.3 is 0 Å². The Morgan fingerprint density at radius 3 is 2.71 bits per heavy atom. The lowest BCUT2D eigenvalue weighted by Gasteiger charge is -2.09. The van der Waals surface area contributed by atoms with E-state index in [-0.39, 0.29) is 23.6 Å². The molecular weight excluding hydrogens is 345 g/mol. The number of carbonyl (C=O) groups excluding carboxylic acids is 1. The van der Waals surface area contributed by atoms with Crippen LogP contribution in [0.25, 0.3) is 0 Å². The third kappa shape index (κ3) is 3.43. The summed E-state index contributed by atoms with van der Waals surface area (Å²) in [5, 5.41) is 10.8. The average Bonchev–Trinajstić information content (AvgIpc) is 2.46. The Kier molecular flexibility index (Phi) is 4.64. The molecule has 0 radical (unpaired) electrons. The Morgan fingerprint density at radius 1 is 1.33 bits per heavy atom. The highest BCUT2D eigenvalue weighted by molar-refractivity contribution is 9.10. The van der Waals surface area contributed by atoms with Crippen LogP contribution in [0.4, 0.5) is 10.1 Å². The molecule has 0 atom stereocenters. The molecule has 0 aliphatic heterocycles. The zero-order valence-electron chi connectivity index (χ0n) is 10.6. The fourth-order valence-corrected chi connectivity index (χ4v) is 2.21. The van der Waals surface area contributed by atoms with Gasteiger partial charge in [0.2, 0.25) is 0 Å². The molecule has 0 unspecified atom stereocenters. The third-order valence-corrected chi connectivity index (χ3v) is 3.65. The molecule has 5 nitrogen and oxygen atoms in total. The van der Waals surface area contributed by atoms with E-state index in [1.807, 2.05) is 0 Å². The molecule has 0 aromatic heterocycles. The molecule has 108 valence electrons. The summed E-state index contributed by atoms with van der Waals surface area (Å²) >= 11 is 3.13. The lowest BCUT2D eigenvalue weighted by atomic mass is 10.2. The van der Waals surface area contributed by atoms with Crippen molar-refractivity contribution in [3.8, 4) is 5.75 Å². The first kappa shape index (κ1) is 15.1. The third-order valence-electron chi connectivity index (χ3n) is 2.73. The lowest BCUT2D eigenvalue weighted by molar-refractivity contribution is -0.385. The van der Waals surface area contributed by atoms with Crippen LogP contribution < -0.4 is 4.74 Å². The highest BCUT2D eigenvalue weighted by Gasteiger charge is 2.15. The van der Waals surface area contributed by atoms with Crippen LogP contribution in [0.2, 0.25) is 0 Å². The molecule has 0 saturated heterocycles. The van der Waals surface area contributed by atoms with Crippen molar-refractivity contribution >= 4 is 27.9 Å². The molecule has 2 rings (SSSR count). The number of benzene rings is 2. The van der Waals surface area contributed by atoms with Gasteiger partial charge in [-0.15, -0.1) is 0 Å². The van der Waals surface area contributed by atoms with Crippen molar-refractivity contribution in [2.45, 2.75) is 6.61 Å². The van der Waals surface area contributed by atoms with Crippen molar-refractivity contribution in [2.75, 3.05) is 0 Å². The standard InChI is InChI=1S/C14H9BrFNO4/c15-14-10(2-1-3-12(14)17(19)20)8-21-13-5-4-9(7-18)6-11(13)16/h1-7H,8H2. The summed E-state index contributed by atoms with van der Waals surface area (Å²) in [4.78, 5) is 20.8. The summed E-state index contributed by atoms with van der Waals surface area (Å²) in [5.74, 6) is -0.694. The van der Waals surface area contributed by atoms with E-state index >= 15 is 0 Å². The van der Waals surface area contributed by atoms with Gasteiger partial charge in [-0.05, 0) is 34.1 Å². The van der Waals surface area contributed by atoms with Crippen LogP contribution in [0, 0.1) is 15.9 Å². The first-order valence-corrected chi connectivity index (χ1v) is 6.61. The highest BCUT2D eigenvalue weighted by atomic mass is 79.9. The normalized spacial score (nSPS) is 10.2. The van der Waals surface area contributed by atoms with Crippen LogP contribution in [-0.4, -0.2) is 11.2 Å². The average molecular weight is 354 g/mol. The van der Waals surface area contributed by atoms with Crippen LogP contribution in [0.5, 0.6) is 5.75 Å². The second-order valence-electron chi connectivity index (χ2n) is 4.10. The van der Waals surface area contributed by atoms with Gasteiger partial charge in [-0.2, -0.15) is 0 Å². The summed E-state index contributed by atoms with van der Waals surface area (Å²) in [5.41, 5.74) is 0.632. The Bertz CT molecular complexity index is 705. The number of halogens is 2. The molecule has 0 heterocycles. The molecule has 0 saturated carbocycles. The van der Waals surface area contributed by atoms with Crippen molar-refractivity contribution in [2.24, 2.45) is 0 Å². The van der Waals surface area contributed by atoms with Crippen LogP contribution in [0.3, 0.4) is 0 Å². The molecule has 0 bridgehead atoms. The molecule has 0 aliphatic rings. The van der Waals surface area contributed by atoms with Crippen molar-refractivity contribution in [3.63, 3.8) is 0 Å². The summed E-state index contributed by atoms with van der Waals surface area (Å²) in [6, 6.07) is 8.33. The van der Waals surface area contributed by atoms with Crippen molar-refractivity contribution in [1.29, 1.82) is 0 Å². The maximum Gasteiger partial charge on any atom is 0.283 e. The number of hydrogen-bond donors (Lipinski definition) is 0. The Hall–Kier alpha value is -2.28. The maximum atomic E-state index is 13.6. The first-order valence-electron chi connectivity index (χ1n) is 5.82. The quantitative estimate of drug-likeness (QED) is 0.464. The smallest absolute Gasteiger partial charge is 0.283 e. The van der Waals surface area contributed by atoms with Gasteiger partial charge in [0.15, 0.2) is 11.6 Å². The van der Waals surface area contributed by atoms with Gasteiger partial charge < -0.3 is 4.74 Å². The van der Waals surface area contributed by atoms with Crippen molar-refractivity contribution in [1.82, 2.24) is 0 Å². The fourth-order valence-electron chi connectivity index (χ4n) is 1.68. The van der Waals surface area contributed by atoms with Gasteiger partial charge in [0.05, 0.1) is 4.92 Å². The number of rotatable bonds is 5. The highest BCUT2D eigenvalue weighted by Crippen LogP contribution is 2.29. The minimum absolute atomic E-state index is 0.0287. The van der Waals surface area contributed by atoms with E-state index in [1.54, 1.807) is 6.07 Å². The molecule has 0 fully saturated rings. The molecule has 0 amide bonds. The van der Waals surface area contributed by atoms with Crippen molar-refractivity contribution in [3.05, 3.63) is 67.9 Å². The zero-order chi connectivity index (χ0) is 15.4. The molecule has 7 heteroatoms. The van der Waals surface area contributed by atoms with Gasteiger partial charge in [0.25, 0.3) is 5.69 Å². The number of aldehydes is 1. The van der Waals surface area contributed by atoms with E-state index in [4.69, 9.17) is 4.74 Å². The predicted molar refractivity (Wildman–Crippen MR) is 76.9 cm³/mol. The number of hydrogen-bond acceptors (Lipinski definition) is 4. The zero-order valence-corrected chi connectivity index (χ0v) is 12.2. The minimum atomic E-state index is -0.666. The minimum Gasteiger partial charge on any atom is -0.486 e. The number of nitro benzene ring substituents is 1. The number of nitrogens with zero attached hydrogens (tertiary/aromatic N) is 1. The first-order chi connectivity index (χ1) is 10.0. The molecule has 21 heavy (non-hydrogen) atoms. The van der Waals surface area contributed by atoms with E-state index in [0.29, 0.717) is 16.3 Å². The van der Waals surface area contributed by atoms with Crippen molar-refractivity contribution < 1.29 is 18.8 Å². The summed E-state index contributed by atoms with van der Waals surface area (Å²) in [6.07, 6.45) is 0.532. The molecule has 2 aromatic rings. The summed E-state index contributed by atoms with van der Waals surface area (Å²) < 4.78 is 19.2. The summed E-state index contributed by atoms with van der Waals surface area (Å²) in [7, 11) is 0. The largest absolute Gasteiger partial charge is 0.486 e. The van der Waals surface area contributed by atoms with Gasteiger partial charge in [-0.3, -0.25) is 14.9 Å². The van der Waals surface area contributed by atoms with Gasteiger partial charge in [-0.1, -0.05) is 12.1 Å². The van der Waals surface area contributed by atoms with E-state index in [2.05, 4.69) is 15.9 Å². The molecule has 0 N–H and O–H groups in total. The van der Waals surface area contributed by atoms with E-state index in [9.17, 15) is 19.3 Å². The Morgan fingerprint density at radius 2 is 2.10 bits per heavy atom. The van der Waals surface area contributed by atoms with Gasteiger partial charge in [0, 0.05) is 17.2 Å². The van der Waals surface area contributed by atoms with Crippen LogP contribution in [-0.2, 0) is 6.61 Å². The van der Waals surface area contributed by atoms with Crippen LogP contribution >= 0.6 is 15.9 Å². The maximum absolute atomic E-state index is 13.6. The number of carbonyl (C=O) groups is 1. The molecule has 0 aliphatic carbocycles. The Balaban J connectivity index is 2.19. The topological polar surface area (TPSA) is 69.4 Å². The second-order valence-corrected chi connectivity index (χ2v) is 4.90. The predicted octanol–water partition coefficient (Wildman–Crippen LogP) is 3.89. The number of ether oxygens (including phenoxy) is 1. The van der Waals surface area contributed by atoms with Gasteiger partial charge in [0.1, 0.15) is 17.4 Å². The molecular formula is C14H9BrFNO4. The monoisotopic (exact) mass is 353 g/mol. The van der Waals surface area contributed by atoms with E-state index in [0.717, 1.165) is 6.07 Å². The second kappa shape index (κ2) is 6.45. The SMILES string of the molecule is O=Cc1ccc(OCc2cccc([N+](=O)[O-])c2Br)c(F)c1. The van der Waals surface area contributed by atoms with Crippen LogP contribution in [0.15, 0.2) is 40.9 Å². The summed E-state index contributed by atoms with van der Waals surface area (Å²) in [6.45, 7) is -0.0420.